The molecule has 1 unspecified atom stereocenters. The number of hydrogen-bond donors (Lipinski definition) is 2. The van der Waals surface area contributed by atoms with Gasteiger partial charge in [0.25, 0.3) is 0 Å². The van der Waals surface area contributed by atoms with E-state index in [1.54, 1.807) is 4.90 Å². The first-order chi connectivity index (χ1) is 5.27. The molecule has 1 heterocycles. The number of amides is 2. The molecular weight excluding hydrogens is 142 g/mol. The molecule has 0 aromatic carbocycles. The van der Waals surface area contributed by atoms with E-state index >= 15 is 0 Å². The third-order valence-corrected chi connectivity index (χ3v) is 1.95. The monoisotopic (exact) mass is 157 g/mol. The molecule has 1 saturated heterocycles. The van der Waals surface area contributed by atoms with E-state index in [0.717, 1.165) is 19.5 Å². The number of nitrogens with zero attached hydrogens (tertiary/aromatic N) is 1. The first-order valence-electron chi connectivity index (χ1n) is 4.03. The Hall–Kier alpha value is -0.770. The fourth-order valence-electron chi connectivity index (χ4n) is 1.30. The first kappa shape index (κ1) is 8.33. The summed E-state index contributed by atoms with van der Waals surface area (Å²) in [5.41, 5.74) is 5.37. The van der Waals surface area contributed by atoms with Crippen LogP contribution in [-0.2, 0) is 0 Å². The standard InChI is InChI=1S/C7H15N3O/c1-2-10-5-6(3-4-8)9-7(10)11/h6H,2-5,8H2,1H3,(H,9,11). The summed E-state index contributed by atoms with van der Waals surface area (Å²) in [6.45, 7) is 4.21. The van der Waals surface area contributed by atoms with Crippen LogP contribution >= 0.6 is 0 Å². The number of urea groups is 1. The van der Waals surface area contributed by atoms with Crippen molar-refractivity contribution < 1.29 is 4.79 Å². The van der Waals surface area contributed by atoms with E-state index in [4.69, 9.17) is 5.73 Å². The van der Waals surface area contributed by atoms with E-state index in [1.807, 2.05) is 6.92 Å². The van der Waals surface area contributed by atoms with Gasteiger partial charge in [-0.3, -0.25) is 0 Å². The Labute approximate surface area is 66.7 Å². The van der Waals surface area contributed by atoms with Crippen molar-refractivity contribution in [2.24, 2.45) is 5.73 Å². The lowest BCUT2D eigenvalue weighted by atomic mass is 10.2. The molecular formula is C7H15N3O. The van der Waals surface area contributed by atoms with Crippen LogP contribution in [0, 0.1) is 0 Å². The van der Waals surface area contributed by atoms with Gasteiger partial charge in [-0.2, -0.15) is 0 Å². The van der Waals surface area contributed by atoms with Gasteiger partial charge in [0.1, 0.15) is 0 Å². The Balaban J connectivity index is 2.36. The van der Waals surface area contributed by atoms with Crippen molar-refractivity contribution >= 4 is 6.03 Å². The fraction of sp³-hybridized carbons (Fsp3) is 0.857. The zero-order valence-corrected chi connectivity index (χ0v) is 6.84. The molecule has 0 aromatic rings. The smallest absolute Gasteiger partial charge is 0.317 e. The third kappa shape index (κ3) is 1.83. The van der Waals surface area contributed by atoms with Gasteiger partial charge < -0.3 is 16.0 Å². The van der Waals surface area contributed by atoms with Crippen LogP contribution in [0.15, 0.2) is 0 Å². The number of rotatable bonds is 3. The van der Waals surface area contributed by atoms with Crippen molar-refractivity contribution in [1.29, 1.82) is 0 Å². The van der Waals surface area contributed by atoms with Crippen LogP contribution in [0.1, 0.15) is 13.3 Å². The Morgan fingerprint density at radius 1 is 1.82 bits per heavy atom. The van der Waals surface area contributed by atoms with Crippen LogP contribution in [0.25, 0.3) is 0 Å². The number of nitrogens with two attached hydrogens (primary N) is 1. The van der Waals surface area contributed by atoms with Crippen LogP contribution in [0.5, 0.6) is 0 Å². The molecule has 1 aliphatic heterocycles. The summed E-state index contributed by atoms with van der Waals surface area (Å²) in [6, 6.07) is 0.318. The highest BCUT2D eigenvalue weighted by Crippen LogP contribution is 2.04. The number of nitrogens with one attached hydrogen (secondary N) is 1. The second kappa shape index (κ2) is 3.57. The maximum atomic E-state index is 11.1. The summed E-state index contributed by atoms with van der Waals surface area (Å²) >= 11 is 0. The molecule has 4 heteroatoms. The topological polar surface area (TPSA) is 58.4 Å². The molecule has 0 saturated carbocycles. The summed E-state index contributed by atoms with van der Waals surface area (Å²) < 4.78 is 0. The Morgan fingerprint density at radius 3 is 3.00 bits per heavy atom. The molecule has 0 radical (unpaired) electrons. The van der Waals surface area contributed by atoms with Gasteiger partial charge in [-0.1, -0.05) is 0 Å². The molecule has 64 valence electrons. The van der Waals surface area contributed by atoms with Gasteiger partial charge in [0, 0.05) is 19.1 Å². The lowest BCUT2D eigenvalue weighted by Crippen LogP contribution is -2.29. The van der Waals surface area contributed by atoms with E-state index in [9.17, 15) is 4.79 Å². The SMILES string of the molecule is CCN1CC(CCN)NC1=O. The Morgan fingerprint density at radius 2 is 2.55 bits per heavy atom. The largest absolute Gasteiger partial charge is 0.333 e. The summed E-state index contributed by atoms with van der Waals surface area (Å²) in [5.74, 6) is 0. The molecule has 0 bridgehead atoms. The fourth-order valence-corrected chi connectivity index (χ4v) is 1.30. The van der Waals surface area contributed by atoms with Gasteiger partial charge in [-0.05, 0) is 19.9 Å². The second-order valence-corrected chi connectivity index (χ2v) is 2.76. The van der Waals surface area contributed by atoms with E-state index in [2.05, 4.69) is 5.32 Å². The maximum Gasteiger partial charge on any atom is 0.317 e. The minimum atomic E-state index is 0.0472. The number of hydrogen-bond acceptors (Lipinski definition) is 2. The van der Waals surface area contributed by atoms with Gasteiger partial charge in [-0.15, -0.1) is 0 Å². The normalized spacial score (nSPS) is 24.0. The number of carbonyl (C=O) groups is 1. The number of carbonyl (C=O) groups excluding carboxylic acids is 1. The summed E-state index contributed by atoms with van der Waals surface area (Å²) in [5, 5.41) is 2.86. The molecule has 1 atom stereocenters. The number of likely N-dealkylation sites (N-methyl/N-ethyl adjacent to an activating group) is 1. The zero-order chi connectivity index (χ0) is 8.27. The molecule has 0 aliphatic carbocycles. The molecule has 1 rings (SSSR count). The van der Waals surface area contributed by atoms with Crippen LogP contribution in [0.2, 0.25) is 0 Å². The predicted octanol–water partition coefficient (Wildman–Crippen LogP) is -0.251. The van der Waals surface area contributed by atoms with Gasteiger partial charge in [0.15, 0.2) is 0 Å². The molecule has 11 heavy (non-hydrogen) atoms. The van der Waals surface area contributed by atoms with Crippen LogP contribution in [0.3, 0.4) is 0 Å². The summed E-state index contributed by atoms with van der Waals surface area (Å²) in [7, 11) is 0. The molecule has 3 N–H and O–H groups in total. The average molecular weight is 157 g/mol. The predicted molar refractivity (Wildman–Crippen MR) is 43.2 cm³/mol. The summed E-state index contributed by atoms with van der Waals surface area (Å²) in [4.78, 5) is 12.9. The first-order valence-corrected chi connectivity index (χ1v) is 4.03. The summed E-state index contributed by atoms with van der Waals surface area (Å²) in [6.07, 6.45) is 0.877. The van der Waals surface area contributed by atoms with Gasteiger partial charge >= 0.3 is 6.03 Å². The third-order valence-electron chi connectivity index (χ3n) is 1.95. The second-order valence-electron chi connectivity index (χ2n) is 2.76. The minimum Gasteiger partial charge on any atom is -0.333 e. The molecule has 0 aromatic heterocycles. The van der Waals surface area contributed by atoms with Crippen molar-refractivity contribution in [3.63, 3.8) is 0 Å². The molecule has 0 spiro atoms. The van der Waals surface area contributed by atoms with Crippen molar-refractivity contribution in [3.8, 4) is 0 Å². The maximum absolute atomic E-state index is 11.1. The van der Waals surface area contributed by atoms with E-state index < -0.39 is 0 Å². The molecule has 2 amide bonds. The van der Waals surface area contributed by atoms with E-state index in [1.165, 1.54) is 0 Å². The van der Waals surface area contributed by atoms with Gasteiger partial charge in [-0.25, -0.2) is 4.79 Å². The van der Waals surface area contributed by atoms with Crippen molar-refractivity contribution in [1.82, 2.24) is 10.2 Å². The zero-order valence-electron chi connectivity index (χ0n) is 6.84. The van der Waals surface area contributed by atoms with Crippen molar-refractivity contribution in [3.05, 3.63) is 0 Å². The highest BCUT2D eigenvalue weighted by atomic mass is 16.2. The molecule has 4 nitrogen and oxygen atoms in total. The highest BCUT2D eigenvalue weighted by molar-refractivity contribution is 5.76. The Bertz CT molecular complexity index is 149. The van der Waals surface area contributed by atoms with E-state index in [0.29, 0.717) is 6.54 Å². The minimum absolute atomic E-state index is 0.0472. The van der Waals surface area contributed by atoms with Crippen LogP contribution in [-0.4, -0.2) is 36.6 Å². The van der Waals surface area contributed by atoms with Crippen LogP contribution < -0.4 is 11.1 Å². The van der Waals surface area contributed by atoms with Gasteiger partial charge in [0.2, 0.25) is 0 Å². The Kier molecular flexibility index (Phi) is 2.70. The quantitative estimate of drug-likeness (QED) is 0.593. The average Bonchev–Trinajstić information content (AvgIpc) is 2.32. The van der Waals surface area contributed by atoms with Crippen molar-refractivity contribution in [2.75, 3.05) is 19.6 Å². The molecule has 1 aliphatic rings. The van der Waals surface area contributed by atoms with E-state index in [-0.39, 0.29) is 12.1 Å². The molecule has 1 fully saturated rings. The lowest BCUT2D eigenvalue weighted by molar-refractivity contribution is 0.219. The van der Waals surface area contributed by atoms with Crippen LogP contribution in [0.4, 0.5) is 4.79 Å². The highest BCUT2D eigenvalue weighted by Gasteiger charge is 2.25. The lowest BCUT2D eigenvalue weighted by Gasteiger charge is -2.10. The van der Waals surface area contributed by atoms with Gasteiger partial charge in [0.05, 0.1) is 0 Å². The van der Waals surface area contributed by atoms with Crippen molar-refractivity contribution in [2.45, 2.75) is 19.4 Å².